The third kappa shape index (κ3) is 7.67. The number of aromatic amines is 1. The summed E-state index contributed by atoms with van der Waals surface area (Å²) in [5.74, 6) is -6.26. The Morgan fingerprint density at radius 3 is 2.42 bits per heavy atom. The Labute approximate surface area is 242 Å². The normalized spacial score (nSPS) is 23.4. The molecule has 1 saturated heterocycles. The number of hydrogen-bond donors (Lipinski definition) is 9. The number of pyridine rings is 1. The van der Waals surface area contributed by atoms with Crippen molar-refractivity contribution in [1.82, 2.24) is 25.2 Å². The van der Waals surface area contributed by atoms with Crippen LogP contribution in [0, 0.1) is 5.92 Å². The number of carboxylic acids is 2. The van der Waals surface area contributed by atoms with Crippen molar-refractivity contribution in [3.05, 3.63) is 52.5 Å². The number of aldehydes is 1. The average Bonchev–Trinajstić information content (AvgIpc) is 3.50. The van der Waals surface area contributed by atoms with Crippen LogP contribution < -0.4 is 22.1 Å². The molecule has 234 valence electrons. The molecule has 3 rings (SSSR count). The monoisotopic (exact) mass is 608 g/mol. The van der Waals surface area contributed by atoms with E-state index in [2.05, 4.69) is 20.6 Å². The average molecular weight is 609 g/mol. The van der Waals surface area contributed by atoms with Gasteiger partial charge in [-0.25, -0.2) is 9.59 Å². The fraction of sp³-hybridized carbons (Fsp3) is 0.480. The van der Waals surface area contributed by atoms with Crippen LogP contribution in [-0.4, -0.2) is 107 Å². The van der Waals surface area contributed by atoms with Crippen LogP contribution in [0.15, 0.2) is 35.4 Å². The molecule has 9 atom stereocenters. The number of aromatic nitrogens is 3. The van der Waals surface area contributed by atoms with Crippen LogP contribution in [0.4, 0.5) is 0 Å². The minimum Gasteiger partial charge on any atom is -0.481 e. The number of nitrogens with two attached hydrogens (primary N) is 1. The third-order valence-electron chi connectivity index (χ3n) is 6.97. The second kappa shape index (κ2) is 14.1. The summed E-state index contributed by atoms with van der Waals surface area (Å²) in [6.07, 6.45) is -7.14. The predicted molar refractivity (Wildman–Crippen MR) is 141 cm³/mol. The first-order valence-electron chi connectivity index (χ1n) is 12.9. The Morgan fingerprint density at radius 2 is 1.86 bits per heavy atom. The van der Waals surface area contributed by atoms with Crippen LogP contribution in [-0.2, 0) is 23.9 Å². The van der Waals surface area contributed by atoms with Crippen molar-refractivity contribution >= 4 is 30.0 Å². The van der Waals surface area contributed by atoms with Gasteiger partial charge in [0.05, 0.1) is 17.4 Å². The lowest BCUT2D eigenvalue weighted by molar-refractivity contribution is -0.145. The van der Waals surface area contributed by atoms with Gasteiger partial charge in [0.15, 0.2) is 12.5 Å². The van der Waals surface area contributed by atoms with Crippen molar-refractivity contribution in [3.63, 3.8) is 0 Å². The number of hydrogen-bond acceptors (Lipinski definition) is 12. The first kappa shape index (κ1) is 33.0. The minimum absolute atomic E-state index is 0.197. The van der Waals surface area contributed by atoms with E-state index in [4.69, 9.17) is 15.6 Å². The van der Waals surface area contributed by atoms with Crippen molar-refractivity contribution in [2.75, 3.05) is 0 Å². The number of aliphatic hydroxyl groups excluding tert-OH is 3. The number of carboxylic acid groups (broad SMARTS) is 2. The van der Waals surface area contributed by atoms with E-state index in [1.807, 2.05) is 0 Å². The standard InChI is InChI=1S/C25H32N6O12/c1-10(17(35)12-4-2-3-7-27-12)15(26)21(38)30-16(22(39)29-13(24(40)41)5-6-14(33)34)20-18(36)19(37)23(43-20)31-8-11(9-32)28-25(31)42/h2-4,7-10,13,15-20,23,35-37H,5-6,26H2,1H3,(H,28,42)(H,29,39)(H,30,38)(H,33,34)(H,40,41)/t10?,13?,15?,16?,17?,18-,19+,20+,23+/m0/s1. The molecule has 0 spiro atoms. The smallest absolute Gasteiger partial charge is 0.328 e. The van der Waals surface area contributed by atoms with Crippen molar-refractivity contribution in [1.29, 1.82) is 0 Å². The first-order valence-corrected chi connectivity index (χ1v) is 12.9. The molecule has 2 aromatic heterocycles. The molecule has 43 heavy (non-hydrogen) atoms. The number of carbonyl (C=O) groups excluding carboxylic acids is 3. The van der Waals surface area contributed by atoms with Gasteiger partial charge in [0, 0.05) is 24.7 Å². The lowest BCUT2D eigenvalue weighted by atomic mass is 9.92. The highest BCUT2D eigenvalue weighted by Gasteiger charge is 2.51. The van der Waals surface area contributed by atoms with Crippen LogP contribution in [0.25, 0.3) is 0 Å². The van der Waals surface area contributed by atoms with E-state index in [0.717, 1.165) is 10.8 Å². The van der Waals surface area contributed by atoms with Crippen molar-refractivity contribution in [2.45, 2.75) is 68.5 Å². The number of aliphatic carboxylic acids is 2. The van der Waals surface area contributed by atoms with Crippen LogP contribution >= 0.6 is 0 Å². The van der Waals surface area contributed by atoms with Crippen LogP contribution in [0.2, 0.25) is 0 Å². The van der Waals surface area contributed by atoms with Crippen LogP contribution in [0.5, 0.6) is 0 Å². The number of aliphatic hydroxyl groups is 3. The van der Waals surface area contributed by atoms with Gasteiger partial charge in [0.2, 0.25) is 11.8 Å². The quantitative estimate of drug-likeness (QED) is 0.0946. The largest absolute Gasteiger partial charge is 0.481 e. The molecule has 5 unspecified atom stereocenters. The highest BCUT2D eigenvalue weighted by atomic mass is 16.6. The Bertz CT molecular complexity index is 1380. The Balaban J connectivity index is 1.90. The number of nitrogens with one attached hydrogen (secondary N) is 3. The van der Waals surface area contributed by atoms with Crippen molar-refractivity contribution < 1.29 is 54.2 Å². The first-order chi connectivity index (χ1) is 20.3. The number of ether oxygens (including phenoxy) is 1. The van der Waals surface area contributed by atoms with E-state index in [0.29, 0.717) is 6.29 Å². The number of amides is 2. The molecule has 10 N–H and O–H groups in total. The molecule has 0 saturated carbocycles. The van der Waals surface area contributed by atoms with Gasteiger partial charge >= 0.3 is 17.6 Å². The molecule has 1 aliphatic rings. The Morgan fingerprint density at radius 1 is 1.16 bits per heavy atom. The van der Waals surface area contributed by atoms with E-state index in [9.17, 15) is 49.2 Å². The third-order valence-corrected chi connectivity index (χ3v) is 6.97. The molecule has 2 amide bonds. The lowest BCUT2D eigenvalue weighted by Gasteiger charge is -2.30. The van der Waals surface area contributed by atoms with Gasteiger partial charge < -0.3 is 51.6 Å². The topological polar surface area (TPSA) is 296 Å². The lowest BCUT2D eigenvalue weighted by Crippen LogP contribution is -2.61. The summed E-state index contributed by atoms with van der Waals surface area (Å²) in [6, 6.07) is -0.511. The van der Waals surface area contributed by atoms with E-state index in [1.54, 1.807) is 12.1 Å². The molecule has 3 heterocycles. The summed E-state index contributed by atoms with van der Waals surface area (Å²) < 4.78 is 6.34. The molecule has 1 fully saturated rings. The van der Waals surface area contributed by atoms with Gasteiger partial charge in [-0.2, -0.15) is 0 Å². The molecule has 18 nitrogen and oxygen atoms in total. The predicted octanol–water partition coefficient (Wildman–Crippen LogP) is -3.38. The molecular weight excluding hydrogens is 576 g/mol. The molecule has 0 radical (unpaired) electrons. The maximum Gasteiger partial charge on any atom is 0.328 e. The molecule has 18 heteroatoms. The number of H-pyrrole nitrogens is 1. The second-order valence-corrected chi connectivity index (χ2v) is 9.91. The molecule has 0 bridgehead atoms. The van der Waals surface area contributed by atoms with Gasteiger partial charge in [-0.05, 0) is 18.6 Å². The Hall–Kier alpha value is -4.49. The zero-order chi connectivity index (χ0) is 32.0. The van der Waals surface area contributed by atoms with Crippen molar-refractivity contribution in [3.8, 4) is 0 Å². The minimum atomic E-state index is -1.96. The summed E-state index contributed by atoms with van der Waals surface area (Å²) in [6.45, 7) is 1.43. The van der Waals surface area contributed by atoms with Gasteiger partial charge in [-0.15, -0.1) is 0 Å². The fourth-order valence-corrected chi connectivity index (χ4v) is 4.46. The van der Waals surface area contributed by atoms with Gasteiger partial charge in [-0.3, -0.25) is 28.7 Å². The molecule has 1 aliphatic heterocycles. The summed E-state index contributed by atoms with van der Waals surface area (Å²) >= 11 is 0. The van der Waals surface area contributed by atoms with Crippen LogP contribution in [0.3, 0.4) is 0 Å². The summed E-state index contributed by atoms with van der Waals surface area (Å²) in [7, 11) is 0. The number of imidazole rings is 1. The summed E-state index contributed by atoms with van der Waals surface area (Å²) in [5, 5.41) is 54.9. The van der Waals surface area contributed by atoms with E-state index in [-0.39, 0.29) is 11.4 Å². The van der Waals surface area contributed by atoms with E-state index >= 15 is 0 Å². The van der Waals surface area contributed by atoms with Crippen molar-refractivity contribution in [2.24, 2.45) is 11.7 Å². The molecule has 0 aromatic carbocycles. The maximum absolute atomic E-state index is 13.4. The summed E-state index contributed by atoms with van der Waals surface area (Å²) in [4.78, 5) is 78.8. The fourth-order valence-electron chi connectivity index (χ4n) is 4.46. The molecule has 0 aliphatic carbocycles. The van der Waals surface area contributed by atoms with E-state index in [1.165, 1.54) is 19.2 Å². The highest BCUT2D eigenvalue weighted by Crippen LogP contribution is 2.31. The van der Waals surface area contributed by atoms with E-state index < -0.39 is 97.0 Å². The van der Waals surface area contributed by atoms with Crippen LogP contribution in [0.1, 0.15) is 48.3 Å². The Kier molecular flexibility index (Phi) is 10.8. The number of nitrogens with zero attached hydrogens (tertiary/aromatic N) is 2. The maximum atomic E-state index is 13.4. The number of carbonyl (C=O) groups is 5. The van der Waals surface area contributed by atoms with Gasteiger partial charge in [0.25, 0.3) is 0 Å². The number of rotatable bonds is 14. The highest BCUT2D eigenvalue weighted by molar-refractivity contribution is 5.92. The zero-order valence-corrected chi connectivity index (χ0v) is 22.6. The van der Waals surface area contributed by atoms with Gasteiger partial charge in [0.1, 0.15) is 36.5 Å². The molecule has 2 aromatic rings. The zero-order valence-electron chi connectivity index (χ0n) is 22.6. The summed E-state index contributed by atoms with van der Waals surface area (Å²) in [5.41, 5.74) is 5.15. The van der Waals surface area contributed by atoms with Gasteiger partial charge in [-0.1, -0.05) is 13.0 Å². The molecular formula is C25H32N6O12. The SMILES string of the molecule is CC(C(N)C(=O)NC(C(=O)NC(CCC(=O)O)C(=O)O)[C@H]1O[C@@H](n2cc(C=O)[nH]c2=O)[C@H](O)[C@@H]1O)C(O)c1ccccn1. The second-order valence-electron chi connectivity index (χ2n) is 9.91.